The first-order valence-corrected chi connectivity index (χ1v) is 8.41. The van der Waals surface area contributed by atoms with Crippen LogP contribution in [-0.4, -0.2) is 29.2 Å². The minimum Gasteiger partial charge on any atom is -0.396 e. The Morgan fingerprint density at radius 2 is 1.32 bits per heavy atom. The molecule has 0 saturated carbocycles. The molecule has 19 heavy (non-hydrogen) atoms. The van der Waals surface area contributed by atoms with Crippen LogP contribution in [0.25, 0.3) is 0 Å². The maximum absolute atomic E-state index is 8.87. The van der Waals surface area contributed by atoms with E-state index in [-0.39, 0.29) is 0 Å². The molecule has 2 atom stereocenters. The van der Waals surface area contributed by atoms with Gasteiger partial charge in [-0.15, -0.1) is 0 Å². The predicted octanol–water partition coefficient (Wildman–Crippen LogP) is 3.35. The van der Waals surface area contributed by atoms with Gasteiger partial charge in [-0.3, -0.25) is 9.11 Å². The van der Waals surface area contributed by atoms with E-state index in [2.05, 4.69) is 20.8 Å². The lowest BCUT2D eigenvalue weighted by Crippen LogP contribution is -2.02. The second-order valence-electron chi connectivity index (χ2n) is 5.27. The van der Waals surface area contributed by atoms with Crippen LogP contribution in [0.15, 0.2) is 0 Å². The van der Waals surface area contributed by atoms with Crippen molar-refractivity contribution in [2.24, 2.45) is 11.8 Å². The van der Waals surface area contributed by atoms with Crippen LogP contribution in [0.1, 0.15) is 65.7 Å². The van der Waals surface area contributed by atoms with E-state index in [1.165, 1.54) is 44.9 Å². The van der Waals surface area contributed by atoms with Gasteiger partial charge >= 0.3 is 10.4 Å². The molecule has 0 saturated heterocycles. The molecule has 0 radical (unpaired) electrons. The molecule has 0 aliphatic heterocycles. The Labute approximate surface area is 118 Å². The van der Waals surface area contributed by atoms with Crippen LogP contribution in [0, 0.1) is 11.8 Å². The van der Waals surface area contributed by atoms with Gasteiger partial charge in [0, 0.05) is 6.61 Å². The molecular weight excluding hydrogens is 268 g/mol. The van der Waals surface area contributed by atoms with Crippen molar-refractivity contribution in [1.29, 1.82) is 0 Å². The van der Waals surface area contributed by atoms with Gasteiger partial charge in [0.1, 0.15) is 0 Å². The van der Waals surface area contributed by atoms with Gasteiger partial charge in [-0.05, 0) is 18.3 Å². The number of hydrogen-bond donors (Lipinski definition) is 3. The van der Waals surface area contributed by atoms with Crippen molar-refractivity contribution >= 4 is 10.4 Å². The zero-order valence-corrected chi connectivity index (χ0v) is 13.2. The molecule has 0 spiro atoms. The molecule has 0 aliphatic rings. The second kappa shape index (κ2) is 12.8. The Morgan fingerprint density at radius 1 is 0.895 bits per heavy atom. The monoisotopic (exact) mass is 298 g/mol. The van der Waals surface area contributed by atoms with E-state index < -0.39 is 10.4 Å². The van der Waals surface area contributed by atoms with Crippen LogP contribution in [0.5, 0.6) is 0 Å². The largest absolute Gasteiger partial charge is 0.396 e. The number of unbranched alkanes of at least 4 members (excludes halogenated alkanes) is 2. The Hall–Kier alpha value is -0.170. The summed E-state index contributed by atoms with van der Waals surface area (Å²) >= 11 is 0. The molecule has 0 aromatic heterocycles. The van der Waals surface area contributed by atoms with Crippen LogP contribution in [0.4, 0.5) is 0 Å². The quantitative estimate of drug-likeness (QED) is 0.448. The van der Waals surface area contributed by atoms with Gasteiger partial charge < -0.3 is 5.11 Å². The molecule has 0 fully saturated rings. The van der Waals surface area contributed by atoms with E-state index in [1.807, 2.05) is 0 Å². The highest BCUT2D eigenvalue weighted by Crippen LogP contribution is 2.17. The highest BCUT2D eigenvalue weighted by Gasteiger charge is 2.04. The van der Waals surface area contributed by atoms with Gasteiger partial charge in [0.15, 0.2) is 0 Å². The van der Waals surface area contributed by atoms with E-state index in [0.29, 0.717) is 12.5 Å². The third-order valence-corrected chi connectivity index (χ3v) is 3.01. The summed E-state index contributed by atoms with van der Waals surface area (Å²) in [5.74, 6) is 1.38. The molecule has 6 heteroatoms. The zero-order valence-electron chi connectivity index (χ0n) is 12.4. The van der Waals surface area contributed by atoms with Crippen molar-refractivity contribution in [3.63, 3.8) is 0 Å². The van der Waals surface area contributed by atoms with Gasteiger partial charge in [0.2, 0.25) is 0 Å². The average molecular weight is 298 g/mol. The van der Waals surface area contributed by atoms with Crippen LogP contribution in [-0.2, 0) is 10.4 Å². The van der Waals surface area contributed by atoms with Crippen LogP contribution in [0.3, 0.4) is 0 Å². The third-order valence-electron chi connectivity index (χ3n) is 3.01. The lowest BCUT2D eigenvalue weighted by Gasteiger charge is -2.12. The highest BCUT2D eigenvalue weighted by molar-refractivity contribution is 7.79. The summed E-state index contributed by atoms with van der Waals surface area (Å²) in [6.07, 6.45) is 9.32. The van der Waals surface area contributed by atoms with E-state index in [9.17, 15) is 0 Å². The van der Waals surface area contributed by atoms with Gasteiger partial charge in [-0.25, -0.2) is 0 Å². The number of hydrogen-bond acceptors (Lipinski definition) is 3. The van der Waals surface area contributed by atoms with Gasteiger partial charge in [-0.1, -0.05) is 59.3 Å². The van der Waals surface area contributed by atoms with Gasteiger partial charge in [0.25, 0.3) is 0 Å². The van der Waals surface area contributed by atoms with E-state index >= 15 is 0 Å². The molecule has 0 rings (SSSR count). The molecule has 0 amide bonds. The lowest BCUT2D eigenvalue weighted by atomic mass is 9.95. The van der Waals surface area contributed by atoms with Crippen molar-refractivity contribution in [3.8, 4) is 0 Å². The maximum Gasteiger partial charge on any atom is 0.394 e. The highest BCUT2D eigenvalue weighted by atomic mass is 32.3. The van der Waals surface area contributed by atoms with Crippen molar-refractivity contribution in [3.05, 3.63) is 0 Å². The summed E-state index contributed by atoms with van der Waals surface area (Å²) in [5.41, 5.74) is 0. The minimum absolute atomic E-state index is 0.351. The Balaban J connectivity index is 0. The lowest BCUT2D eigenvalue weighted by molar-refractivity contribution is 0.225. The van der Waals surface area contributed by atoms with Crippen LogP contribution >= 0.6 is 0 Å². The fraction of sp³-hybridized carbons (Fsp3) is 1.00. The van der Waals surface area contributed by atoms with Crippen molar-refractivity contribution in [2.75, 3.05) is 6.61 Å². The average Bonchev–Trinajstić information content (AvgIpc) is 2.27. The summed E-state index contributed by atoms with van der Waals surface area (Å²) in [6.45, 7) is 7.10. The normalized spacial score (nSPS) is 14.4. The predicted molar refractivity (Wildman–Crippen MR) is 77.6 cm³/mol. The van der Waals surface area contributed by atoms with Crippen LogP contribution < -0.4 is 0 Å². The standard InChI is InChI=1S/C13H28O.H2O4S/c1-4-5-6-8-12(2)9-7-10-13(3)11-14;1-5(2,3)4/h12-14H,4-11H2,1-3H3;(H2,1,2,3,4). The summed E-state index contributed by atoms with van der Waals surface area (Å²) in [7, 11) is -4.67. The number of aliphatic hydroxyl groups excluding tert-OH is 1. The Kier molecular flexibility index (Phi) is 14.3. The molecule has 118 valence electrons. The smallest absolute Gasteiger partial charge is 0.394 e. The van der Waals surface area contributed by atoms with Gasteiger partial charge in [-0.2, -0.15) is 8.42 Å². The molecule has 2 unspecified atom stereocenters. The summed E-state index contributed by atoms with van der Waals surface area (Å²) in [4.78, 5) is 0. The first-order valence-electron chi connectivity index (χ1n) is 7.01. The summed E-state index contributed by atoms with van der Waals surface area (Å²) < 4.78 is 31.6. The topological polar surface area (TPSA) is 94.8 Å². The summed E-state index contributed by atoms with van der Waals surface area (Å²) in [5, 5.41) is 8.87. The molecular formula is C13H30O5S. The Bertz CT molecular complexity index is 269. The van der Waals surface area contributed by atoms with E-state index in [4.69, 9.17) is 22.6 Å². The molecule has 0 aromatic rings. The SMILES string of the molecule is CCCCCC(C)CCCC(C)CO.O=S(=O)(O)O. The van der Waals surface area contributed by atoms with E-state index in [1.54, 1.807) is 0 Å². The Morgan fingerprint density at radius 3 is 1.74 bits per heavy atom. The molecule has 3 N–H and O–H groups in total. The first-order chi connectivity index (χ1) is 8.70. The number of rotatable bonds is 9. The molecule has 0 bridgehead atoms. The molecule has 0 heterocycles. The fourth-order valence-electron chi connectivity index (χ4n) is 1.79. The minimum atomic E-state index is -4.67. The van der Waals surface area contributed by atoms with Crippen molar-refractivity contribution in [2.45, 2.75) is 65.7 Å². The third kappa shape index (κ3) is 27.1. The van der Waals surface area contributed by atoms with Crippen molar-refractivity contribution in [1.82, 2.24) is 0 Å². The van der Waals surface area contributed by atoms with Crippen LogP contribution in [0.2, 0.25) is 0 Å². The zero-order chi connectivity index (χ0) is 15.3. The van der Waals surface area contributed by atoms with Crippen molar-refractivity contribution < 1.29 is 22.6 Å². The summed E-state index contributed by atoms with van der Waals surface area (Å²) in [6, 6.07) is 0. The molecule has 0 aromatic carbocycles. The van der Waals surface area contributed by atoms with E-state index in [0.717, 1.165) is 5.92 Å². The van der Waals surface area contributed by atoms with Gasteiger partial charge in [0.05, 0.1) is 0 Å². The number of aliphatic hydroxyl groups is 1. The first kappa shape index (κ1) is 21.1. The fourth-order valence-corrected chi connectivity index (χ4v) is 1.79. The molecule has 0 aliphatic carbocycles. The maximum atomic E-state index is 8.87. The molecule has 5 nitrogen and oxygen atoms in total. The second-order valence-corrected chi connectivity index (χ2v) is 6.16.